The number of hydrogen-bond donors (Lipinski definition) is 2. The molecule has 0 radical (unpaired) electrons. The molecule has 1 aromatic carbocycles. The number of amides is 1. The van der Waals surface area contributed by atoms with Gasteiger partial charge in [-0.25, -0.2) is 0 Å². The number of nitrogens with two attached hydrogens (primary N) is 1. The number of nitro groups is 1. The Morgan fingerprint density at radius 2 is 1.95 bits per heavy atom. The summed E-state index contributed by atoms with van der Waals surface area (Å²) < 4.78 is 0. The van der Waals surface area contributed by atoms with Gasteiger partial charge in [-0.1, -0.05) is 6.92 Å². The van der Waals surface area contributed by atoms with Crippen LogP contribution >= 0.6 is 0 Å². The number of carbonyl (C=O) groups excluding carboxylic acids is 1. The average Bonchev–Trinajstić information content (AvgIpc) is 2.41. The van der Waals surface area contributed by atoms with Crippen molar-refractivity contribution in [3.63, 3.8) is 0 Å². The molecule has 0 aromatic heterocycles. The maximum atomic E-state index is 12.3. The van der Waals surface area contributed by atoms with Crippen molar-refractivity contribution in [3.05, 3.63) is 33.4 Å². The lowest BCUT2D eigenvalue weighted by molar-refractivity contribution is -0.384. The first-order valence-corrected chi connectivity index (χ1v) is 6.52. The van der Waals surface area contributed by atoms with Crippen LogP contribution in [0.15, 0.2) is 12.1 Å². The van der Waals surface area contributed by atoms with Crippen molar-refractivity contribution in [3.8, 4) is 0 Å². The molecule has 0 aliphatic carbocycles. The van der Waals surface area contributed by atoms with Crippen molar-refractivity contribution in [1.29, 1.82) is 0 Å². The lowest BCUT2D eigenvalue weighted by atomic mass is 9.86. The van der Waals surface area contributed by atoms with Crippen LogP contribution in [-0.4, -0.2) is 17.4 Å². The fraction of sp³-hybridized carbons (Fsp3) is 0.500. The first-order valence-electron chi connectivity index (χ1n) is 6.52. The van der Waals surface area contributed by atoms with Crippen LogP contribution in [0, 0.1) is 29.4 Å². The Hall–Kier alpha value is -1.95. The molecule has 1 rings (SSSR count). The van der Waals surface area contributed by atoms with Gasteiger partial charge in [0, 0.05) is 12.6 Å². The molecule has 0 spiro atoms. The van der Waals surface area contributed by atoms with E-state index in [9.17, 15) is 14.9 Å². The minimum absolute atomic E-state index is 0.100. The van der Waals surface area contributed by atoms with Gasteiger partial charge in [0.05, 0.1) is 10.3 Å². The monoisotopic (exact) mass is 279 g/mol. The Balaban J connectivity index is 3.18. The molecule has 1 amide bonds. The third-order valence-corrected chi connectivity index (χ3v) is 3.84. The summed E-state index contributed by atoms with van der Waals surface area (Å²) in [5.74, 6) is -0.297. The molecule has 1 atom stereocenters. The number of hydrogen-bond acceptors (Lipinski definition) is 4. The first-order chi connectivity index (χ1) is 9.25. The van der Waals surface area contributed by atoms with Crippen LogP contribution in [0.1, 0.15) is 31.4 Å². The number of nitrogens with one attached hydrogen (secondary N) is 1. The van der Waals surface area contributed by atoms with Crippen LogP contribution in [-0.2, 0) is 4.79 Å². The number of rotatable bonds is 5. The van der Waals surface area contributed by atoms with Gasteiger partial charge in [-0.2, -0.15) is 0 Å². The highest BCUT2D eigenvalue weighted by molar-refractivity contribution is 5.97. The topological polar surface area (TPSA) is 98.3 Å². The molecule has 0 aliphatic rings. The summed E-state index contributed by atoms with van der Waals surface area (Å²) in [6.07, 6.45) is 0.563. The van der Waals surface area contributed by atoms with Crippen LogP contribution < -0.4 is 11.1 Å². The van der Waals surface area contributed by atoms with E-state index >= 15 is 0 Å². The zero-order valence-corrected chi connectivity index (χ0v) is 12.3. The zero-order valence-electron chi connectivity index (χ0n) is 12.3. The average molecular weight is 279 g/mol. The van der Waals surface area contributed by atoms with Crippen molar-refractivity contribution in [2.24, 2.45) is 11.1 Å². The van der Waals surface area contributed by atoms with Gasteiger partial charge in [0.25, 0.3) is 5.69 Å². The third-order valence-electron chi connectivity index (χ3n) is 3.84. The Kier molecular flexibility index (Phi) is 4.83. The molecule has 3 N–H and O–H groups in total. The highest BCUT2D eigenvalue weighted by atomic mass is 16.6. The summed E-state index contributed by atoms with van der Waals surface area (Å²) in [6.45, 7) is 7.44. The van der Waals surface area contributed by atoms with E-state index in [1.165, 1.54) is 6.07 Å². The number of anilines is 1. The molecule has 0 heterocycles. The molecular formula is C14H21N3O3. The smallest absolute Gasteiger partial charge is 0.293 e. The lowest BCUT2D eigenvalue weighted by Gasteiger charge is -2.25. The quantitative estimate of drug-likeness (QED) is 0.639. The summed E-state index contributed by atoms with van der Waals surface area (Å²) in [4.78, 5) is 22.8. The summed E-state index contributed by atoms with van der Waals surface area (Å²) in [6, 6.07) is 3.09. The summed E-state index contributed by atoms with van der Waals surface area (Å²) >= 11 is 0. The fourth-order valence-electron chi connectivity index (χ4n) is 1.72. The molecule has 1 unspecified atom stereocenters. The highest BCUT2D eigenvalue weighted by Gasteiger charge is 2.31. The Morgan fingerprint density at radius 3 is 2.40 bits per heavy atom. The molecule has 110 valence electrons. The SMILES string of the molecule is CCC(C)(CN)C(=O)Nc1cc(C)c(C)cc1[N+](=O)[O-]. The summed E-state index contributed by atoms with van der Waals surface area (Å²) in [5, 5.41) is 13.7. The fourth-order valence-corrected chi connectivity index (χ4v) is 1.72. The van der Waals surface area contributed by atoms with E-state index in [-0.39, 0.29) is 23.8 Å². The predicted octanol–water partition coefficient (Wildman–Crippen LogP) is 2.53. The van der Waals surface area contributed by atoms with Crippen LogP contribution in [0.25, 0.3) is 0 Å². The van der Waals surface area contributed by atoms with Gasteiger partial charge >= 0.3 is 0 Å². The largest absolute Gasteiger partial charge is 0.329 e. The Bertz CT molecular complexity index is 537. The van der Waals surface area contributed by atoms with Gasteiger partial charge in [-0.05, 0) is 44.4 Å². The second kappa shape index (κ2) is 6.00. The molecule has 20 heavy (non-hydrogen) atoms. The summed E-state index contributed by atoms with van der Waals surface area (Å²) in [5.41, 5.74) is 6.72. The van der Waals surface area contributed by atoms with Crippen LogP contribution in [0.5, 0.6) is 0 Å². The molecule has 0 fully saturated rings. The normalized spacial score (nSPS) is 13.7. The van der Waals surface area contributed by atoms with E-state index in [0.717, 1.165) is 11.1 Å². The van der Waals surface area contributed by atoms with Crippen molar-refractivity contribution in [2.75, 3.05) is 11.9 Å². The van der Waals surface area contributed by atoms with E-state index in [0.29, 0.717) is 6.42 Å². The second-order valence-electron chi connectivity index (χ2n) is 5.28. The van der Waals surface area contributed by atoms with E-state index in [1.54, 1.807) is 19.9 Å². The molecule has 1 aromatic rings. The second-order valence-corrected chi connectivity index (χ2v) is 5.28. The van der Waals surface area contributed by atoms with Gasteiger partial charge in [-0.3, -0.25) is 14.9 Å². The molecule has 0 bridgehead atoms. The summed E-state index contributed by atoms with van der Waals surface area (Å²) in [7, 11) is 0. The van der Waals surface area contributed by atoms with Crippen LogP contribution in [0.3, 0.4) is 0 Å². The maximum Gasteiger partial charge on any atom is 0.293 e. The molecule has 6 nitrogen and oxygen atoms in total. The van der Waals surface area contributed by atoms with E-state index < -0.39 is 10.3 Å². The molecule has 0 saturated heterocycles. The van der Waals surface area contributed by atoms with Crippen LogP contribution in [0.4, 0.5) is 11.4 Å². The molecule has 6 heteroatoms. The van der Waals surface area contributed by atoms with E-state index in [1.807, 2.05) is 13.8 Å². The van der Waals surface area contributed by atoms with Gasteiger partial charge in [-0.15, -0.1) is 0 Å². The van der Waals surface area contributed by atoms with Gasteiger partial charge in [0.15, 0.2) is 0 Å². The minimum Gasteiger partial charge on any atom is -0.329 e. The minimum atomic E-state index is -0.730. The maximum absolute atomic E-state index is 12.3. The van der Waals surface area contributed by atoms with Gasteiger partial charge < -0.3 is 11.1 Å². The van der Waals surface area contributed by atoms with E-state index in [2.05, 4.69) is 5.32 Å². The van der Waals surface area contributed by atoms with Crippen molar-refractivity contribution < 1.29 is 9.72 Å². The van der Waals surface area contributed by atoms with Gasteiger partial charge in [0.2, 0.25) is 5.91 Å². The highest BCUT2D eigenvalue weighted by Crippen LogP contribution is 2.30. The molecule has 0 aliphatic heterocycles. The molecule has 0 saturated carbocycles. The zero-order chi connectivity index (χ0) is 15.5. The van der Waals surface area contributed by atoms with Crippen molar-refractivity contribution in [2.45, 2.75) is 34.1 Å². The number of benzene rings is 1. The van der Waals surface area contributed by atoms with E-state index in [4.69, 9.17) is 5.73 Å². The molecular weight excluding hydrogens is 258 g/mol. The van der Waals surface area contributed by atoms with Crippen LogP contribution in [0.2, 0.25) is 0 Å². The predicted molar refractivity (Wildman–Crippen MR) is 78.7 cm³/mol. The Morgan fingerprint density at radius 1 is 1.40 bits per heavy atom. The number of aryl methyl sites for hydroxylation is 2. The van der Waals surface area contributed by atoms with Crippen molar-refractivity contribution in [1.82, 2.24) is 0 Å². The first kappa shape index (κ1) is 16.1. The standard InChI is InChI=1S/C14H21N3O3/c1-5-14(4,8-15)13(18)16-11-6-9(2)10(3)7-12(11)17(19)20/h6-7H,5,8,15H2,1-4H3,(H,16,18). The number of carbonyl (C=O) groups is 1. The number of nitrogens with zero attached hydrogens (tertiary/aromatic N) is 1. The lowest BCUT2D eigenvalue weighted by Crippen LogP contribution is -2.39. The van der Waals surface area contributed by atoms with Gasteiger partial charge in [0.1, 0.15) is 5.69 Å². The number of nitro benzene ring substituents is 1. The Labute approximate surface area is 118 Å². The third kappa shape index (κ3) is 3.14. The van der Waals surface area contributed by atoms with Crippen molar-refractivity contribution >= 4 is 17.3 Å².